The van der Waals surface area contributed by atoms with E-state index in [0.29, 0.717) is 123 Å². The van der Waals surface area contributed by atoms with Gasteiger partial charge in [0.1, 0.15) is 59.7 Å². The SMILES string of the molecule is COc1c(CN2O[C@@H](CO)[C@@H]([C@H](C)O)[C@H]2C(=O)N[C@H]2C[C@H]3C[C@@H]([C@@H]2C)C3(C)C)cccc1-c1cc(C(=O)NCCSC)cc(N(C)C)c1.COc1c(CN2O[C@@H](CO)[C@@H]([C@H](C)O)[C@H]2C(=O)N[C@H]2C[C@H]3C[C@@H]([C@@H]2C)C3(C)C)cccc1-c1cc(C(=O)NCCc2cccs2)cc(N(C)C)c1.COc1c(CN2O[C@@H](CO)[C@H]([C@H](C)O)[C@H]2C(=O)N[C@H]2C[C@H]3C[C@@H]([C@@H]2C)C3(C)C)cccc1-c1cc(C(=O)N[C@H]2CCOC2=O)cc(N(C)C)c1. The molecular weight excluding hydrogens is 1930 g/mol. The number of hydroxylamine groups is 6. The van der Waals surface area contributed by atoms with Gasteiger partial charge in [0.25, 0.3) is 17.7 Å². The first kappa shape index (κ1) is 113. The van der Waals surface area contributed by atoms with Crippen LogP contribution >= 0.6 is 23.1 Å². The number of nitrogens with one attached hydrogen (secondary N) is 6. The molecule has 6 bridgehead atoms. The molecule has 149 heavy (non-hydrogen) atoms. The van der Waals surface area contributed by atoms with E-state index in [9.17, 15) is 64.2 Å². The summed E-state index contributed by atoms with van der Waals surface area (Å²) in [6, 6.07) is 35.3. The Balaban J connectivity index is 0.000000167. The fourth-order valence-electron chi connectivity index (χ4n) is 26.1. The second kappa shape index (κ2) is 47.7. The summed E-state index contributed by atoms with van der Waals surface area (Å²) in [6.45, 7) is 26.5. The third-order valence-corrected chi connectivity index (χ3v) is 36.7. The molecule has 34 heteroatoms. The summed E-state index contributed by atoms with van der Waals surface area (Å²) in [7, 11) is 16.3. The van der Waals surface area contributed by atoms with E-state index in [4.69, 9.17) is 33.5 Å². The molecule has 20 rings (SSSR count). The molecule has 1 aromatic heterocycles. The van der Waals surface area contributed by atoms with Crippen molar-refractivity contribution in [3.05, 3.63) is 165 Å². The third kappa shape index (κ3) is 23.7. The molecule has 812 valence electrons. The number of thiophene rings is 1. The fourth-order valence-corrected chi connectivity index (χ4v) is 27.1. The number of cyclic esters (lactones) is 1. The van der Waals surface area contributed by atoms with Crippen molar-refractivity contribution in [3.8, 4) is 50.6 Å². The van der Waals surface area contributed by atoms with Crippen LogP contribution in [0.4, 0.5) is 17.1 Å². The Bertz CT molecular complexity index is 5880. The van der Waals surface area contributed by atoms with E-state index in [2.05, 4.69) is 100 Å². The van der Waals surface area contributed by atoms with Crippen LogP contribution in [0.25, 0.3) is 33.4 Å². The number of aliphatic hydroxyl groups excluding tert-OH is 6. The van der Waals surface area contributed by atoms with E-state index in [1.54, 1.807) is 92.5 Å². The Kier molecular flexibility index (Phi) is 36.2. The summed E-state index contributed by atoms with van der Waals surface area (Å²) < 4.78 is 23.1. The molecule has 12 N–H and O–H groups in total. The predicted molar refractivity (Wildman–Crippen MR) is 579 cm³/mol. The second-order valence-corrected chi connectivity index (χ2v) is 47.5. The van der Waals surface area contributed by atoms with E-state index in [1.807, 2.05) is 172 Å². The van der Waals surface area contributed by atoms with Crippen LogP contribution in [-0.2, 0) is 64.5 Å². The molecule has 9 aliphatic carbocycles. The highest BCUT2D eigenvalue weighted by Gasteiger charge is 2.62. The number of nitrogens with zero attached hydrogens (tertiary/aromatic N) is 6. The van der Waals surface area contributed by atoms with Crippen molar-refractivity contribution in [1.29, 1.82) is 0 Å². The summed E-state index contributed by atoms with van der Waals surface area (Å²) in [6.07, 6.45) is 4.63. The van der Waals surface area contributed by atoms with E-state index in [0.717, 1.165) is 87.4 Å². The van der Waals surface area contributed by atoms with Crippen LogP contribution in [0, 0.1) is 87.3 Å². The first-order valence-electron chi connectivity index (χ1n) is 53.0. The van der Waals surface area contributed by atoms with E-state index in [-0.39, 0.29) is 110 Å². The van der Waals surface area contributed by atoms with Crippen LogP contribution in [-0.4, -0.2) is 281 Å². The minimum absolute atomic E-state index is 0.0245. The lowest BCUT2D eigenvalue weighted by Crippen LogP contribution is -2.62. The van der Waals surface area contributed by atoms with Crippen molar-refractivity contribution in [3.63, 3.8) is 0 Å². The van der Waals surface area contributed by atoms with Gasteiger partial charge in [-0.25, -0.2) is 4.79 Å². The number of fused-ring (bicyclic) bond motifs is 6. The Morgan fingerprint density at radius 3 is 1.07 bits per heavy atom. The van der Waals surface area contributed by atoms with Gasteiger partial charge in [0, 0.05) is 175 Å². The summed E-state index contributed by atoms with van der Waals surface area (Å²) in [5.74, 6) is 3.27. The maximum atomic E-state index is 14.2. The highest BCUT2D eigenvalue weighted by atomic mass is 32.2. The third-order valence-electron chi connectivity index (χ3n) is 35.2. The lowest BCUT2D eigenvalue weighted by molar-refractivity contribution is -0.183. The standard InChI is InChI=1S/C40H54N4O6S.C38H52N4O8.C37H54N4O6S/c1-23-32-19-28(40(32,3)4)20-33(23)42-39(48)36-35(24(2)46)34(22-45)50-44(36)21-25-10-8-12-31(37(25)49-7)26-16-27(18-29(17-26)43(5)6)38(47)41-14-13-30-11-9-15-51-30;1-20-28-16-25(38(28,3)4)17-30(20)40-36(46)33-32(21(2)44)31(19-43)50-42(33)18-22-9-8-10-27(34(22)48-7)23-13-24(15-26(14-23)41(5)6)35(45)39-29-11-12-49-37(29)47;1-21-29-17-26(37(29,3)4)18-30(21)39-36(45)33-32(22(2)43)31(20-42)47-41(33)19-23-10-9-11-28(34(23)46-7)24-14-25(16-27(15-24)40(5)6)35(44)38-12-13-48-8/h8-12,15-18,23-24,28,32-36,45-46H,13-14,19-22H2,1-7H3,(H,41,47)(H,42,48);8-10,13-15,20-21,25,28-33,43-44H,11-12,16-19H2,1-7H3,(H,39,45)(H,40,46);9-11,14-16,21-22,26,29-33,42-43H,12-13,17-20H2,1-8H3,(H,38,44)(H,39,45)/t23-,24-,28+,32-,33-,34-,35+,36-;20-,21-,25+,28-,29-,30-,31-,32-,33-;21-,22-,26+,29-,30-,31-,32+,33-/m000/s1. The van der Waals surface area contributed by atoms with Crippen LogP contribution in [0.5, 0.6) is 17.2 Å². The topological polar surface area (TPSA) is 397 Å². The molecule has 4 aliphatic heterocycles. The quantitative estimate of drug-likeness (QED) is 0.0127. The lowest BCUT2D eigenvalue weighted by Gasteiger charge is -2.62. The van der Waals surface area contributed by atoms with Gasteiger partial charge >= 0.3 is 5.97 Å². The molecule has 0 unspecified atom stereocenters. The highest BCUT2D eigenvalue weighted by Crippen LogP contribution is 2.64. The van der Waals surface area contributed by atoms with Crippen LogP contribution < -0.4 is 60.8 Å². The van der Waals surface area contributed by atoms with Crippen molar-refractivity contribution in [2.45, 2.75) is 233 Å². The molecule has 13 fully saturated rings. The smallest absolute Gasteiger partial charge is 0.328 e. The van der Waals surface area contributed by atoms with Crippen LogP contribution in [0.2, 0.25) is 0 Å². The number of esters is 1. The number of para-hydroxylation sites is 3. The van der Waals surface area contributed by atoms with E-state index >= 15 is 0 Å². The number of thioether (sulfide) groups is 1. The molecule has 25 atom stereocenters. The highest BCUT2D eigenvalue weighted by molar-refractivity contribution is 7.98. The number of hydrogen-bond acceptors (Lipinski definition) is 28. The summed E-state index contributed by atoms with van der Waals surface area (Å²) in [5, 5.41) is 89.2. The fraction of sp³-hybridized carbons (Fsp3) is 0.591. The number of ether oxygens (including phenoxy) is 4. The van der Waals surface area contributed by atoms with Gasteiger partial charge in [0.2, 0.25) is 17.7 Å². The zero-order valence-electron chi connectivity index (χ0n) is 90.7. The van der Waals surface area contributed by atoms with Gasteiger partial charge in [-0.1, -0.05) is 123 Å². The molecule has 9 saturated carbocycles. The molecule has 0 radical (unpaired) electrons. The second-order valence-electron chi connectivity index (χ2n) is 45.5. The number of amides is 6. The van der Waals surface area contributed by atoms with Gasteiger partial charge in [-0.05, 0) is 224 Å². The largest absolute Gasteiger partial charge is 0.496 e. The van der Waals surface area contributed by atoms with Crippen LogP contribution in [0.15, 0.2) is 127 Å². The number of carbonyl (C=O) groups excluding carboxylic acids is 7. The monoisotopic (exact) mass is 2090 g/mol. The summed E-state index contributed by atoms with van der Waals surface area (Å²) in [5.41, 5.74) is 11.7. The average Bonchev–Trinajstić information content (AvgIpc) is 1.72. The molecular formula is C115H160N12O20S2. The van der Waals surface area contributed by atoms with Gasteiger partial charge in [0.15, 0.2) is 0 Å². The maximum absolute atomic E-state index is 14.2. The summed E-state index contributed by atoms with van der Waals surface area (Å²) in [4.78, 5) is 120. The number of anilines is 3. The molecule has 32 nitrogen and oxygen atoms in total. The zero-order chi connectivity index (χ0) is 108. The lowest BCUT2D eigenvalue weighted by atomic mass is 9.45. The van der Waals surface area contributed by atoms with Crippen molar-refractivity contribution in [2.75, 3.05) is 130 Å². The molecule has 7 aromatic rings. The number of benzene rings is 6. The first-order chi connectivity index (χ1) is 70.9. The first-order valence-corrected chi connectivity index (χ1v) is 55.3. The molecule has 6 aromatic carbocycles. The zero-order valence-corrected chi connectivity index (χ0v) is 92.3. The van der Waals surface area contributed by atoms with Crippen molar-refractivity contribution >= 4 is 81.6 Å². The van der Waals surface area contributed by atoms with Gasteiger partial charge in [0.05, 0.1) is 85.7 Å². The minimum Gasteiger partial charge on any atom is -0.496 e. The Morgan fingerprint density at radius 2 is 0.799 bits per heavy atom. The average molecular weight is 2090 g/mol. The molecule has 6 amide bonds. The maximum Gasteiger partial charge on any atom is 0.328 e. The Labute approximate surface area is 886 Å². The number of carbonyl (C=O) groups is 7. The van der Waals surface area contributed by atoms with E-state index in [1.165, 1.54) is 24.1 Å². The van der Waals surface area contributed by atoms with Crippen molar-refractivity contribution in [2.24, 2.45) is 87.3 Å². The van der Waals surface area contributed by atoms with E-state index < -0.39 is 84.5 Å². The Morgan fingerprint density at radius 1 is 0.463 bits per heavy atom. The molecule has 0 spiro atoms. The van der Waals surface area contributed by atoms with Crippen molar-refractivity contribution in [1.82, 2.24) is 47.1 Å². The number of rotatable bonds is 37. The predicted octanol–water partition coefficient (Wildman–Crippen LogP) is 12.4. The number of hydrogen-bond donors (Lipinski definition) is 12. The molecule has 4 saturated heterocycles. The van der Waals surface area contributed by atoms with Crippen LogP contribution in [0.1, 0.15) is 181 Å². The molecule has 13 aliphatic rings. The van der Waals surface area contributed by atoms with Crippen LogP contribution in [0.3, 0.4) is 0 Å². The number of methoxy groups -OCH3 is 3. The minimum atomic E-state index is -0.915. The number of aliphatic hydroxyl groups is 6. The summed E-state index contributed by atoms with van der Waals surface area (Å²) >= 11 is 3.35. The van der Waals surface area contributed by atoms with Gasteiger partial charge in [-0.15, -0.1) is 11.3 Å². The van der Waals surface area contributed by atoms with Gasteiger partial charge in [-0.2, -0.15) is 27.0 Å². The van der Waals surface area contributed by atoms with Crippen molar-refractivity contribution < 1.29 is 97.7 Å². The van der Waals surface area contributed by atoms with Gasteiger partial charge in [-0.3, -0.25) is 43.3 Å². The normalized spacial score (nSPS) is 28.8. The molecule has 5 heterocycles. The van der Waals surface area contributed by atoms with Gasteiger partial charge < -0.3 is 96.2 Å². The Hall–Kier alpha value is -10.0.